The first-order valence-electron chi connectivity index (χ1n) is 9.32. The normalized spacial score (nSPS) is 11.3. The number of hydrogen-bond acceptors (Lipinski definition) is 4. The molecule has 1 aromatic heterocycles. The van der Waals surface area contributed by atoms with Gasteiger partial charge in [0.25, 0.3) is 0 Å². The number of hydrogen-bond donors (Lipinski definition) is 3. The number of H-pyrrole nitrogens is 1. The molecule has 29 heavy (non-hydrogen) atoms. The average molecular weight is 413 g/mol. The van der Waals surface area contributed by atoms with Crippen LogP contribution in [0.4, 0.5) is 0 Å². The summed E-state index contributed by atoms with van der Waals surface area (Å²) in [6.07, 6.45) is 2.39. The number of carbonyl (C=O) groups excluding carboxylic acids is 2. The molecule has 1 heterocycles. The molecule has 7 nitrogen and oxygen atoms in total. The van der Waals surface area contributed by atoms with Crippen LogP contribution in [0.2, 0.25) is 0 Å². The molecule has 152 valence electrons. The summed E-state index contributed by atoms with van der Waals surface area (Å²) in [6.45, 7) is 0.261. The molecule has 0 radical (unpaired) electrons. The third-order valence-electron chi connectivity index (χ3n) is 4.54. The van der Waals surface area contributed by atoms with Crippen molar-refractivity contribution in [3.63, 3.8) is 0 Å². The first-order valence-corrected chi connectivity index (χ1v) is 11.0. The van der Waals surface area contributed by atoms with Crippen LogP contribution in [0.3, 0.4) is 0 Å². The van der Waals surface area contributed by atoms with Gasteiger partial charge in [-0.15, -0.1) is 0 Å². The van der Waals surface area contributed by atoms with Crippen LogP contribution >= 0.6 is 0 Å². The third-order valence-corrected chi connectivity index (χ3v) is 6.27. The molecule has 0 aliphatic rings. The van der Waals surface area contributed by atoms with Crippen LogP contribution in [0, 0.1) is 0 Å². The van der Waals surface area contributed by atoms with Gasteiger partial charge in [0, 0.05) is 30.1 Å². The fraction of sp³-hybridized carbons (Fsp3) is 0.238. The summed E-state index contributed by atoms with van der Waals surface area (Å²) in [5, 5.41) is 6.33. The van der Waals surface area contributed by atoms with E-state index >= 15 is 0 Å². The Morgan fingerprint density at radius 2 is 1.62 bits per heavy atom. The Morgan fingerprint density at radius 3 is 2.41 bits per heavy atom. The number of benzene rings is 2. The smallest absolute Gasteiger partial charge is 0.239 e. The second kappa shape index (κ2) is 9.38. The van der Waals surface area contributed by atoms with Crippen molar-refractivity contribution in [2.75, 3.05) is 18.8 Å². The Morgan fingerprint density at radius 1 is 0.897 bits per heavy atom. The van der Waals surface area contributed by atoms with E-state index in [2.05, 4.69) is 15.6 Å². The molecular weight excluding hydrogens is 390 g/mol. The molecule has 3 aromatic rings. The molecule has 0 saturated heterocycles. The second-order valence-corrected chi connectivity index (χ2v) is 8.73. The molecule has 3 N–H and O–H groups in total. The minimum atomic E-state index is -3.52. The SMILES string of the molecule is O=C(CCS(=O)(=O)c1ccccc1)NCC(=O)NCCc1c[nH]c2ccccc12. The highest BCUT2D eigenvalue weighted by molar-refractivity contribution is 7.91. The molecule has 0 bridgehead atoms. The number of para-hydroxylation sites is 1. The van der Waals surface area contributed by atoms with E-state index in [1.807, 2.05) is 30.5 Å². The quantitative estimate of drug-likeness (QED) is 0.497. The van der Waals surface area contributed by atoms with Gasteiger partial charge in [0.05, 0.1) is 17.2 Å². The number of aromatic amines is 1. The predicted octanol–water partition coefficient (Wildman–Crippen LogP) is 1.81. The molecule has 8 heteroatoms. The Balaban J connectivity index is 1.37. The van der Waals surface area contributed by atoms with Crippen LogP contribution in [0.5, 0.6) is 0 Å². The maximum Gasteiger partial charge on any atom is 0.239 e. The second-order valence-electron chi connectivity index (χ2n) is 6.62. The fourth-order valence-electron chi connectivity index (χ4n) is 2.98. The maximum absolute atomic E-state index is 12.2. The molecule has 0 unspecified atom stereocenters. The Hall–Kier alpha value is -3.13. The van der Waals surface area contributed by atoms with Gasteiger partial charge in [-0.25, -0.2) is 8.42 Å². The molecule has 3 rings (SSSR count). The summed E-state index contributed by atoms with van der Waals surface area (Å²) in [7, 11) is -3.52. The zero-order chi connectivity index (χ0) is 20.7. The van der Waals surface area contributed by atoms with Crippen LogP contribution < -0.4 is 10.6 Å². The lowest BCUT2D eigenvalue weighted by Crippen LogP contribution is -2.38. The summed E-state index contributed by atoms with van der Waals surface area (Å²) >= 11 is 0. The van der Waals surface area contributed by atoms with Crippen molar-refractivity contribution in [2.45, 2.75) is 17.7 Å². The van der Waals surface area contributed by atoms with Crippen molar-refractivity contribution < 1.29 is 18.0 Å². The monoisotopic (exact) mass is 413 g/mol. The first-order chi connectivity index (χ1) is 14.0. The van der Waals surface area contributed by atoms with Gasteiger partial charge in [-0.2, -0.15) is 0 Å². The van der Waals surface area contributed by atoms with Gasteiger partial charge >= 0.3 is 0 Å². The van der Waals surface area contributed by atoms with Crippen molar-refractivity contribution in [1.29, 1.82) is 0 Å². The summed E-state index contributed by atoms with van der Waals surface area (Å²) in [6, 6.07) is 15.9. The topological polar surface area (TPSA) is 108 Å². The van der Waals surface area contributed by atoms with Crippen LogP contribution in [0.15, 0.2) is 65.7 Å². The minimum Gasteiger partial charge on any atom is -0.361 e. The maximum atomic E-state index is 12.2. The number of rotatable bonds is 9. The lowest BCUT2D eigenvalue weighted by atomic mass is 10.1. The minimum absolute atomic E-state index is 0.182. The van der Waals surface area contributed by atoms with Crippen molar-refractivity contribution in [2.24, 2.45) is 0 Å². The van der Waals surface area contributed by atoms with Gasteiger partial charge in [-0.05, 0) is 30.2 Å². The fourth-order valence-corrected chi connectivity index (χ4v) is 4.24. The molecule has 0 saturated carbocycles. The van der Waals surface area contributed by atoms with E-state index in [0.717, 1.165) is 16.5 Å². The number of carbonyl (C=O) groups is 2. The van der Waals surface area contributed by atoms with Gasteiger partial charge < -0.3 is 15.6 Å². The molecule has 0 aliphatic carbocycles. The highest BCUT2D eigenvalue weighted by atomic mass is 32.2. The zero-order valence-corrected chi connectivity index (χ0v) is 16.7. The van der Waals surface area contributed by atoms with Crippen molar-refractivity contribution >= 4 is 32.6 Å². The van der Waals surface area contributed by atoms with Gasteiger partial charge in [0.2, 0.25) is 11.8 Å². The van der Waals surface area contributed by atoms with Gasteiger partial charge in [0.1, 0.15) is 0 Å². The van der Waals surface area contributed by atoms with E-state index in [9.17, 15) is 18.0 Å². The van der Waals surface area contributed by atoms with E-state index in [1.54, 1.807) is 18.2 Å². The highest BCUT2D eigenvalue weighted by Crippen LogP contribution is 2.17. The Kier molecular flexibility index (Phi) is 6.66. The van der Waals surface area contributed by atoms with Crippen LogP contribution in [-0.2, 0) is 25.8 Å². The number of sulfone groups is 1. The number of nitrogens with one attached hydrogen (secondary N) is 3. The summed E-state index contributed by atoms with van der Waals surface area (Å²) in [5.74, 6) is -1.09. The van der Waals surface area contributed by atoms with E-state index in [-0.39, 0.29) is 29.5 Å². The Labute approximate surface area is 169 Å². The molecular formula is C21H23N3O4S. The Bertz CT molecular complexity index is 1090. The molecule has 0 aliphatic heterocycles. The van der Waals surface area contributed by atoms with Crippen molar-refractivity contribution in [3.05, 3.63) is 66.4 Å². The predicted molar refractivity (Wildman–Crippen MR) is 111 cm³/mol. The summed E-state index contributed by atoms with van der Waals surface area (Å²) < 4.78 is 24.3. The molecule has 2 aromatic carbocycles. The van der Waals surface area contributed by atoms with Crippen molar-refractivity contribution in [1.82, 2.24) is 15.6 Å². The molecule has 2 amide bonds. The molecule has 0 fully saturated rings. The lowest BCUT2D eigenvalue weighted by Gasteiger charge is -2.07. The van der Waals surface area contributed by atoms with Gasteiger partial charge in [-0.1, -0.05) is 36.4 Å². The van der Waals surface area contributed by atoms with Gasteiger partial charge in [0.15, 0.2) is 9.84 Å². The molecule has 0 atom stereocenters. The van der Waals surface area contributed by atoms with E-state index < -0.39 is 15.7 Å². The summed E-state index contributed by atoms with van der Waals surface area (Å²) in [4.78, 5) is 27.2. The average Bonchev–Trinajstić information content (AvgIpc) is 3.15. The lowest BCUT2D eigenvalue weighted by molar-refractivity contribution is -0.125. The number of amides is 2. The van der Waals surface area contributed by atoms with Crippen molar-refractivity contribution in [3.8, 4) is 0 Å². The first kappa shape index (κ1) is 20.6. The van der Waals surface area contributed by atoms with Gasteiger partial charge in [-0.3, -0.25) is 9.59 Å². The highest BCUT2D eigenvalue weighted by Gasteiger charge is 2.16. The largest absolute Gasteiger partial charge is 0.361 e. The summed E-state index contributed by atoms with van der Waals surface area (Å²) in [5.41, 5.74) is 2.16. The molecule has 0 spiro atoms. The van der Waals surface area contributed by atoms with E-state index in [1.165, 1.54) is 12.1 Å². The third kappa shape index (κ3) is 5.68. The van der Waals surface area contributed by atoms with Crippen LogP contribution in [0.1, 0.15) is 12.0 Å². The number of fused-ring (bicyclic) bond motifs is 1. The van der Waals surface area contributed by atoms with E-state index in [4.69, 9.17) is 0 Å². The number of aromatic nitrogens is 1. The van der Waals surface area contributed by atoms with E-state index in [0.29, 0.717) is 13.0 Å². The van der Waals surface area contributed by atoms with Crippen LogP contribution in [-0.4, -0.2) is 44.1 Å². The standard InChI is InChI=1S/C21H23N3O4S/c25-20(11-13-29(27,28)17-6-2-1-3-7-17)24-15-21(26)22-12-10-16-14-23-19-9-5-4-8-18(16)19/h1-9,14,23H,10-13,15H2,(H,22,26)(H,24,25). The zero-order valence-electron chi connectivity index (χ0n) is 15.9. The van der Waals surface area contributed by atoms with Crippen LogP contribution in [0.25, 0.3) is 10.9 Å².